The number of nitrogens with one attached hydrogen (secondary N) is 1. The number of fused-ring (bicyclic) bond motifs is 6. The number of aliphatic hydroxyl groups is 1. The maximum Gasteiger partial charge on any atom is 0.307 e. The Bertz CT molecular complexity index is 1270. The lowest BCUT2D eigenvalue weighted by Gasteiger charge is -2.67. The predicted octanol–water partition coefficient (Wildman–Crippen LogP) is 4.80. The molecule has 5 N–H and O–H groups in total. The van der Waals surface area contributed by atoms with Gasteiger partial charge in [0.25, 0.3) is 0 Å². The zero-order valence-corrected chi connectivity index (χ0v) is 30.1. The quantitative estimate of drug-likeness (QED) is 0.140. The minimum atomic E-state index is -0.645. The number of carbonyl (C=O) groups excluding carboxylic acids is 1. The molecular weight excluding hydrogens is 596 g/mol. The van der Waals surface area contributed by atoms with Crippen LogP contribution in [0.5, 0.6) is 0 Å². The SMILES string of the molecule is CC(=O)O[C@H]1[C@H](OCCNCC(N)CO)C(C)[C@H]2COC13C[C@]31C3=CC[C@@]4(C)[C@H](C(=O)O)[C@@](C)([C@H](C)C(C)C)CC[C@]4(C)[C@H]3CCC21. The van der Waals surface area contributed by atoms with Crippen molar-refractivity contribution in [2.24, 2.45) is 68.8 Å². The number of esters is 1. The molecule has 2 spiro atoms. The standard InChI is InChI=1S/C38H62N2O7/c1-21(2)23(4)34(6)13-14-35(7)28-10-9-27-26-19-46-38(20-37(27,38)29(28)11-12-36(35,8)31(34)33(43)44)32(47-24(5)42)30(22(26)3)45-16-15-40-17-25(39)18-41/h11,21-23,25-28,30-32,40-41H,9-10,12-20,39H2,1-8H3,(H,43,44)/t22?,23-,25?,26-,27?,28+,30-,31-,32+,34-,35-,36+,37+,38?/m1/s1. The van der Waals surface area contributed by atoms with Gasteiger partial charge in [-0.25, -0.2) is 0 Å². The molecule has 0 aromatic carbocycles. The molecule has 7 rings (SSSR count). The van der Waals surface area contributed by atoms with Crippen LogP contribution in [0.4, 0.5) is 0 Å². The van der Waals surface area contributed by atoms with Crippen LogP contribution in [0.2, 0.25) is 0 Å². The highest BCUT2D eigenvalue weighted by atomic mass is 16.6. The smallest absolute Gasteiger partial charge is 0.307 e. The fourth-order valence-corrected chi connectivity index (χ4v) is 12.5. The summed E-state index contributed by atoms with van der Waals surface area (Å²) >= 11 is 0. The molecule has 4 saturated carbocycles. The lowest BCUT2D eigenvalue weighted by atomic mass is 9.36. The molecule has 0 amide bonds. The fourth-order valence-electron chi connectivity index (χ4n) is 12.5. The molecule has 2 saturated heterocycles. The Morgan fingerprint density at radius 1 is 1.15 bits per heavy atom. The second-order valence-corrected chi connectivity index (χ2v) is 17.6. The van der Waals surface area contributed by atoms with E-state index in [4.69, 9.17) is 19.9 Å². The number of carbonyl (C=O) groups is 2. The second kappa shape index (κ2) is 12.1. The zero-order chi connectivity index (χ0) is 34.3. The van der Waals surface area contributed by atoms with Crippen LogP contribution in [0.15, 0.2) is 11.6 Å². The molecule has 0 radical (unpaired) electrons. The number of hydrogen-bond acceptors (Lipinski definition) is 8. The number of carboxylic acids is 1. The van der Waals surface area contributed by atoms with Gasteiger partial charge in [0, 0.05) is 31.5 Å². The van der Waals surface area contributed by atoms with Crippen LogP contribution in [0.1, 0.15) is 93.9 Å². The van der Waals surface area contributed by atoms with Crippen molar-refractivity contribution in [2.45, 2.75) is 118 Å². The van der Waals surface area contributed by atoms with E-state index >= 15 is 0 Å². The van der Waals surface area contributed by atoms with E-state index in [1.165, 1.54) is 12.5 Å². The van der Waals surface area contributed by atoms with Gasteiger partial charge < -0.3 is 35.5 Å². The molecule has 47 heavy (non-hydrogen) atoms. The molecule has 2 aliphatic heterocycles. The highest BCUT2D eigenvalue weighted by molar-refractivity contribution is 5.73. The largest absolute Gasteiger partial charge is 0.481 e. The van der Waals surface area contributed by atoms with Crippen LogP contribution in [-0.4, -0.2) is 78.9 Å². The van der Waals surface area contributed by atoms with Gasteiger partial charge in [0.05, 0.1) is 25.7 Å². The average molecular weight is 659 g/mol. The Morgan fingerprint density at radius 2 is 1.87 bits per heavy atom. The van der Waals surface area contributed by atoms with Crippen molar-refractivity contribution >= 4 is 11.9 Å². The van der Waals surface area contributed by atoms with Gasteiger partial charge in [-0.05, 0) is 90.3 Å². The van der Waals surface area contributed by atoms with Crippen LogP contribution < -0.4 is 11.1 Å². The lowest BCUT2D eigenvalue weighted by Crippen LogP contribution is -2.64. The number of nitrogens with two attached hydrogens (primary N) is 1. The molecule has 14 atom stereocenters. The summed E-state index contributed by atoms with van der Waals surface area (Å²) in [4.78, 5) is 26.1. The number of carboxylic acid groups (broad SMARTS) is 1. The number of aliphatic hydroxyl groups excluding tert-OH is 1. The van der Waals surface area contributed by atoms with Crippen LogP contribution in [-0.2, 0) is 23.8 Å². The minimum Gasteiger partial charge on any atom is -0.481 e. The van der Waals surface area contributed by atoms with E-state index in [2.05, 4.69) is 59.9 Å². The Kier molecular flexibility index (Phi) is 9.07. The topological polar surface area (TPSA) is 140 Å². The van der Waals surface area contributed by atoms with Gasteiger partial charge in [0.2, 0.25) is 0 Å². The summed E-state index contributed by atoms with van der Waals surface area (Å²) in [6.45, 7) is 19.5. The van der Waals surface area contributed by atoms with Crippen molar-refractivity contribution < 1.29 is 34.0 Å². The summed E-state index contributed by atoms with van der Waals surface area (Å²) in [6, 6.07) is -0.319. The van der Waals surface area contributed by atoms with E-state index in [0.717, 1.165) is 38.5 Å². The third kappa shape index (κ3) is 4.86. The summed E-state index contributed by atoms with van der Waals surface area (Å²) in [7, 11) is 0. The monoisotopic (exact) mass is 658 g/mol. The van der Waals surface area contributed by atoms with Crippen LogP contribution in [0, 0.1) is 63.1 Å². The van der Waals surface area contributed by atoms with Gasteiger partial charge >= 0.3 is 11.9 Å². The van der Waals surface area contributed by atoms with E-state index in [9.17, 15) is 19.8 Å². The Balaban J connectivity index is 1.36. The second-order valence-electron chi connectivity index (χ2n) is 17.6. The number of allylic oxidation sites excluding steroid dienone is 1. The van der Waals surface area contributed by atoms with Crippen molar-refractivity contribution in [3.8, 4) is 0 Å². The number of rotatable bonds is 11. The van der Waals surface area contributed by atoms with Gasteiger partial charge in [-0.1, -0.05) is 60.1 Å². The molecular formula is C38H62N2O7. The predicted molar refractivity (Wildman–Crippen MR) is 179 cm³/mol. The number of hydrogen-bond donors (Lipinski definition) is 4. The van der Waals surface area contributed by atoms with E-state index in [-0.39, 0.29) is 64.1 Å². The Morgan fingerprint density at radius 3 is 2.51 bits per heavy atom. The Labute approximate surface area is 282 Å². The summed E-state index contributed by atoms with van der Waals surface area (Å²) in [5.41, 5.74) is 5.67. The van der Waals surface area contributed by atoms with Gasteiger partial charge in [-0.3, -0.25) is 9.59 Å². The first-order valence-corrected chi connectivity index (χ1v) is 18.5. The number of ether oxygens (including phenoxy) is 3. The van der Waals surface area contributed by atoms with E-state index in [1.54, 1.807) is 0 Å². The van der Waals surface area contributed by atoms with Crippen molar-refractivity contribution in [3.05, 3.63) is 11.6 Å². The first kappa shape index (κ1) is 35.3. The molecule has 266 valence electrons. The van der Waals surface area contributed by atoms with Gasteiger partial charge in [-0.2, -0.15) is 0 Å². The van der Waals surface area contributed by atoms with Crippen LogP contribution in [0.3, 0.4) is 0 Å². The summed E-state index contributed by atoms with van der Waals surface area (Å²) in [6.07, 6.45) is 7.29. The molecule has 2 bridgehead atoms. The molecule has 7 aliphatic rings. The fraction of sp³-hybridized carbons (Fsp3) is 0.895. The van der Waals surface area contributed by atoms with Crippen molar-refractivity contribution in [1.82, 2.24) is 5.32 Å². The summed E-state index contributed by atoms with van der Waals surface area (Å²) in [5.74, 6) is 0.425. The van der Waals surface area contributed by atoms with Crippen LogP contribution in [0.25, 0.3) is 0 Å². The third-order valence-electron chi connectivity index (χ3n) is 15.6. The molecule has 9 nitrogen and oxygen atoms in total. The van der Waals surface area contributed by atoms with Crippen molar-refractivity contribution in [2.75, 3.05) is 32.9 Å². The van der Waals surface area contributed by atoms with Crippen molar-refractivity contribution in [1.29, 1.82) is 0 Å². The van der Waals surface area contributed by atoms with E-state index < -0.39 is 23.6 Å². The van der Waals surface area contributed by atoms with Gasteiger partial charge in [-0.15, -0.1) is 0 Å². The summed E-state index contributed by atoms with van der Waals surface area (Å²) in [5, 5.41) is 23.5. The summed E-state index contributed by atoms with van der Waals surface area (Å²) < 4.78 is 19.9. The van der Waals surface area contributed by atoms with Crippen LogP contribution >= 0.6 is 0 Å². The third-order valence-corrected chi connectivity index (χ3v) is 15.6. The highest BCUT2D eigenvalue weighted by Crippen LogP contribution is 2.83. The molecule has 6 fully saturated rings. The molecule has 0 aromatic heterocycles. The Hall–Kier alpha value is -1.52. The zero-order valence-electron chi connectivity index (χ0n) is 30.1. The lowest BCUT2D eigenvalue weighted by molar-refractivity contribution is -0.199. The molecule has 0 aromatic rings. The molecule has 5 aliphatic carbocycles. The maximum absolute atomic E-state index is 13.4. The molecule has 4 unspecified atom stereocenters. The first-order chi connectivity index (χ1) is 22.1. The maximum atomic E-state index is 13.4. The van der Waals surface area contributed by atoms with Crippen molar-refractivity contribution in [3.63, 3.8) is 0 Å². The average Bonchev–Trinajstić information content (AvgIpc) is 3.73. The molecule has 2 heterocycles. The highest BCUT2D eigenvalue weighted by Gasteiger charge is 2.85. The molecule has 9 heteroatoms. The van der Waals surface area contributed by atoms with E-state index in [1.807, 2.05) is 0 Å². The minimum absolute atomic E-state index is 0.0740. The normalized spacial score (nSPS) is 47.8. The van der Waals surface area contributed by atoms with Gasteiger partial charge in [0.15, 0.2) is 6.10 Å². The van der Waals surface area contributed by atoms with E-state index in [0.29, 0.717) is 44.1 Å². The first-order valence-electron chi connectivity index (χ1n) is 18.5. The number of aliphatic carboxylic acids is 1. The van der Waals surface area contributed by atoms with Gasteiger partial charge in [0.1, 0.15) is 11.7 Å².